The van der Waals surface area contributed by atoms with Crippen molar-refractivity contribution in [2.24, 2.45) is 0 Å². The maximum absolute atomic E-state index is 11.8. The highest BCUT2D eigenvalue weighted by Gasteiger charge is 2.18. The van der Waals surface area contributed by atoms with Crippen LogP contribution >= 0.6 is 12.4 Å². The van der Waals surface area contributed by atoms with Gasteiger partial charge in [-0.3, -0.25) is 9.59 Å². The predicted octanol–water partition coefficient (Wildman–Crippen LogP) is 0.934. The summed E-state index contributed by atoms with van der Waals surface area (Å²) in [5.41, 5.74) is 0. The van der Waals surface area contributed by atoms with Gasteiger partial charge in [-0.1, -0.05) is 6.92 Å². The van der Waals surface area contributed by atoms with E-state index < -0.39 is 11.9 Å². The van der Waals surface area contributed by atoms with Crippen LogP contribution < -0.4 is 16.0 Å². The van der Waals surface area contributed by atoms with Crippen LogP contribution in [-0.2, 0) is 4.79 Å². The third-order valence-corrected chi connectivity index (χ3v) is 2.62. The zero-order valence-corrected chi connectivity index (χ0v) is 12.8. The fraction of sp³-hybridized carbons (Fsp3) is 0.538. The number of hydrogen-bond donors (Lipinski definition) is 3. The molecule has 1 aromatic rings. The molecule has 1 aromatic heterocycles. The topological polar surface area (TPSA) is 83.4 Å². The minimum atomic E-state index is -0.605. The Kier molecular flexibility index (Phi) is 8.67. The third-order valence-electron chi connectivity index (χ3n) is 2.62. The van der Waals surface area contributed by atoms with Crippen LogP contribution in [0.1, 0.15) is 31.3 Å². The molecule has 0 aliphatic heterocycles. The van der Waals surface area contributed by atoms with Gasteiger partial charge >= 0.3 is 0 Å². The quantitative estimate of drug-likeness (QED) is 0.700. The van der Waals surface area contributed by atoms with Gasteiger partial charge in [-0.2, -0.15) is 0 Å². The minimum Gasteiger partial charge on any atom is -0.459 e. The summed E-state index contributed by atoms with van der Waals surface area (Å²) in [5.74, 6) is -0.419. The first-order valence-electron chi connectivity index (χ1n) is 6.40. The molecule has 114 valence electrons. The average molecular weight is 304 g/mol. The summed E-state index contributed by atoms with van der Waals surface area (Å²) in [6, 6.07) is 2.76. The van der Waals surface area contributed by atoms with Crippen LogP contribution in [0.25, 0.3) is 0 Å². The Bertz CT molecular complexity index is 409. The van der Waals surface area contributed by atoms with E-state index in [1.165, 1.54) is 6.26 Å². The van der Waals surface area contributed by atoms with Crippen LogP contribution in [0, 0.1) is 0 Å². The SMILES string of the molecule is CCN[C@H](C)CNC(=O)C(C)NC(=O)c1ccco1.Cl. The smallest absolute Gasteiger partial charge is 0.287 e. The van der Waals surface area contributed by atoms with Crippen LogP contribution in [-0.4, -0.2) is 37.0 Å². The number of halogens is 1. The van der Waals surface area contributed by atoms with Gasteiger partial charge < -0.3 is 20.4 Å². The summed E-state index contributed by atoms with van der Waals surface area (Å²) in [4.78, 5) is 23.4. The van der Waals surface area contributed by atoms with Crippen molar-refractivity contribution in [3.63, 3.8) is 0 Å². The third kappa shape index (κ3) is 6.08. The van der Waals surface area contributed by atoms with Crippen molar-refractivity contribution in [3.05, 3.63) is 24.2 Å². The van der Waals surface area contributed by atoms with Crippen LogP contribution in [0.15, 0.2) is 22.8 Å². The Morgan fingerprint density at radius 3 is 2.60 bits per heavy atom. The lowest BCUT2D eigenvalue weighted by atomic mass is 10.2. The summed E-state index contributed by atoms with van der Waals surface area (Å²) in [7, 11) is 0. The van der Waals surface area contributed by atoms with Crippen LogP contribution in [0.4, 0.5) is 0 Å². The van der Waals surface area contributed by atoms with Gasteiger partial charge in [-0.05, 0) is 32.5 Å². The van der Waals surface area contributed by atoms with E-state index >= 15 is 0 Å². The van der Waals surface area contributed by atoms with E-state index in [-0.39, 0.29) is 30.1 Å². The molecule has 0 spiro atoms. The van der Waals surface area contributed by atoms with E-state index in [4.69, 9.17) is 4.42 Å². The molecule has 7 heteroatoms. The van der Waals surface area contributed by atoms with Crippen molar-refractivity contribution in [2.75, 3.05) is 13.1 Å². The summed E-state index contributed by atoms with van der Waals surface area (Å²) >= 11 is 0. The Hall–Kier alpha value is -1.53. The molecule has 0 saturated heterocycles. The number of likely N-dealkylation sites (N-methyl/N-ethyl adjacent to an activating group) is 1. The van der Waals surface area contributed by atoms with Crippen molar-refractivity contribution < 1.29 is 14.0 Å². The number of amides is 2. The fourth-order valence-electron chi connectivity index (χ4n) is 1.57. The summed E-state index contributed by atoms with van der Waals surface area (Å²) in [6.45, 7) is 6.99. The first-order chi connectivity index (χ1) is 9.04. The number of rotatable bonds is 7. The lowest BCUT2D eigenvalue weighted by Crippen LogP contribution is -2.48. The molecular formula is C13H22ClN3O3. The van der Waals surface area contributed by atoms with E-state index in [1.807, 2.05) is 13.8 Å². The number of furan rings is 1. The van der Waals surface area contributed by atoms with Gasteiger partial charge in [-0.15, -0.1) is 12.4 Å². The highest BCUT2D eigenvalue weighted by Crippen LogP contribution is 1.99. The molecular weight excluding hydrogens is 282 g/mol. The lowest BCUT2D eigenvalue weighted by Gasteiger charge is -2.16. The zero-order valence-electron chi connectivity index (χ0n) is 11.9. The summed E-state index contributed by atoms with van der Waals surface area (Å²) < 4.78 is 4.95. The molecule has 0 aromatic carbocycles. The van der Waals surface area contributed by atoms with E-state index in [0.717, 1.165) is 6.54 Å². The predicted molar refractivity (Wildman–Crippen MR) is 79.0 cm³/mol. The molecule has 2 amide bonds. The normalized spacial score (nSPS) is 12.9. The molecule has 0 bridgehead atoms. The average Bonchev–Trinajstić information content (AvgIpc) is 2.90. The molecule has 0 fully saturated rings. The van der Waals surface area contributed by atoms with Gasteiger partial charge in [0, 0.05) is 12.6 Å². The van der Waals surface area contributed by atoms with Crippen molar-refractivity contribution in [2.45, 2.75) is 32.9 Å². The Morgan fingerprint density at radius 1 is 1.35 bits per heavy atom. The highest BCUT2D eigenvalue weighted by molar-refractivity contribution is 5.95. The lowest BCUT2D eigenvalue weighted by molar-refractivity contribution is -0.122. The Balaban J connectivity index is 0.00000361. The molecule has 1 heterocycles. The van der Waals surface area contributed by atoms with Gasteiger partial charge in [0.05, 0.1) is 6.26 Å². The second kappa shape index (κ2) is 9.39. The van der Waals surface area contributed by atoms with Crippen molar-refractivity contribution in [3.8, 4) is 0 Å². The number of hydrogen-bond acceptors (Lipinski definition) is 4. The maximum atomic E-state index is 11.8. The molecule has 0 aliphatic carbocycles. The van der Waals surface area contributed by atoms with Gasteiger partial charge in [0.1, 0.15) is 6.04 Å². The largest absolute Gasteiger partial charge is 0.459 e. The van der Waals surface area contributed by atoms with E-state index in [0.29, 0.717) is 6.54 Å². The first-order valence-corrected chi connectivity index (χ1v) is 6.40. The Labute approximate surface area is 125 Å². The molecule has 0 radical (unpaired) electrons. The maximum Gasteiger partial charge on any atom is 0.287 e. The standard InChI is InChI=1S/C13H21N3O3.ClH/c1-4-14-9(2)8-15-12(17)10(3)16-13(18)11-6-5-7-19-11;/h5-7,9-10,14H,4,8H2,1-3H3,(H,15,17)(H,16,18);1H/t9-,10?;/m1./s1. The fourth-order valence-corrected chi connectivity index (χ4v) is 1.57. The minimum absolute atomic E-state index is 0. The molecule has 1 rings (SSSR count). The van der Waals surface area contributed by atoms with Gasteiger partial charge in [-0.25, -0.2) is 0 Å². The van der Waals surface area contributed by atoms with E-state index in [9.17, 15) is 9.59 Å². The van der Waals surface area contributed by atoms with E-state index in [2.05, 4.69) is 16.0 Å². The van der Waals surface area contributed by atoms with Gasteiger partial charge in [0.25, 0.3) is 5.91 Å². The molecule has 0 saturated carbocycles. The van der Waals surface area contributed by atoms with Crippen LogP contribution in [0.5, 0.6) is 0 Å². The van der Waals surface area contributed by atoms with Crippen molar-refractivity contribution in [1.82, 2.24) is 16.0 Å². The molecule has 2 atom stereocenters. The van der Waals surface area contributed by atoms with Crippen molar-refractivity contribution in [1.29, 1.82) is 0 Å². The molecule has 0 aliphatic rings. The first kappa shape index (κ1) is 18.5. The van der Waals surface area contributed by atoms with Crippen LogP contribution in [0.2, 0.25) is 0 Å². The zero-order chi connectivity index (χ0) is 14.3. The highest BCUT2D eigenvalue weighted by atomic mass is 35.5. The second-order valence-corrected chi connectivity index (χ2v) is 4.38. The monoisotopic (exact) mass is 303 g/mol. The number of carbonyl (C=O) groups is 2. The number of carbonyl (C=O) groups excluding carboxylic acids is 2. The van der Waals surface area contributed by atoms with Gasteiger partial charge in [0.2, 0.25) is 5.91 Å². The van der Waals surface area contributed by atoms with E-state index in [1.54, 1.807) is 19.1 Å². The Morgan fingerprint density at radius 2 is 2.05 bits per heavy atom. The number of nitrogens with one attached hydrogen (secondary N) is 3. The molecule has 6 nitrogen and oxygen atoms in total. The molecule has 3 N–H and O–H groups in total. The molecule has 1 unspecified atom stereocenters. The summed E-state index contributed by atoms with van der Waals surface area (Å²) in [6.07, 6.45) is 1.41. The van der Waals surface area contributed by atoms with Gasteiger partial charge in [0.15, 0.2) is 5.76 Å². The molecule has 20 heavy (non-hydrogen) atoms. The van der Waals surface area contributed by atoms with Crippen molar-refractivity contribution >= 4 is 24.2 Å². The van der Waals surface area contributed by atoms with Crippen LogP contribution in [0.3, 0.4) is 0 Å². The summed E-state index contributed by atoms with van der Waals surface area (Å²) in [5, 5.41) is 8.53. The second-order valence-electron chi connectivity index (χ2n) is 4.38.